The van der Waals surface area contributed by atoms with Gasteiger partial charge < -0.3 is 27.9 Å². The number of hydrogen-bond donors (Lipinski definition) is 0. The molecule has 0 aliphatic heterocycles. The molecule has 2 atom stereocenters. The Hall–Kier alpha value is 2.86. The third kappa shape index (κ3) is 57.0. The molecular weight excluding hydrogens is 756 g/mol. The van der Waals surface area contributed by atoms with Gasteiger partial charge in [0.1, 0.15) is 0 Å². The molecule has 0 aliphatic carbocycles. The summed E-state index contributed by atoms with van der Waals surface area (Å²) in [7, 11) is -8.10. The zero-order valence-electron chi connectivity index (χ0n) is 37.0. The minimum absolute atomic E-state index is 0. The fourth-order valence-corrected chi connectivity index (χ4v) is 7.80. The molecule has 2 unspecified atom stereocenters. The topological polar surface area (TPSA) is 117 Å². The van der Waals surface area contributed by atoms with E-state index in [1.165, 1.54) is 180 Å². The number of hydrogen-bond acceptors (Lipinski definition) is 8. The van der Waals surface area contributed by atoms with Crippen LogP contribution in [0.2, 0.25) is 0 Å². The number of phosphoric acid groups is 2. The van der Waals surface area contributed by atoms with E-state index in [1.54, 1.807) is 0 Å². The molecule has 0 spiro atoms. The van der Waals surface area contributed by atoms with Gasteiger partial charge in [0.25, 0.3) is 15.6 Å². The van der Waals surface area contributed by atoms with Crippen LogP contribution in [0.15, 0.2) is 0 Å². The molecule has 0 aromatic heterocycles. The van der Waals surface area contributed by atoms with E-state index in [9.17, 15) is 18.9 Å². The summed E-state index contributed by atoms with van der Waals surface area (Å²) in [4.78, 5) is 22.7. The maximum absolute atomic E-state index is 11.3. The van der Waals surface area contributed by atoms with Crippen molar-refractivity contribution in [3.05, 3.63) is 0 Å². The SMILES string of the molecule is CCCCCCCCCCCCCCCCCCOP(=O)([O-])OCCC.CCCCCCCCCCCCCCCCCCOP(=O)([O-])OCCC.[K+].[Na+]. The predicted octanol–water partition coefficient (Wildman–Crippen LogP) is 8.33. The normalized spacial score (nSPS) is 13.3. The third-order valence-electron chi connectivity index (χ3n) is 9.40. The summed E-state index contributed by atoms with van der Waals surface area (Å²) in [5.41, 5.74) is 0. The molecule has 0 saturated carbocycles. The first kappa shape index (κ1) is 63.5. The van der Waals surface area contributed by atoms with E-state index in [2.05, 4.69) is 22.9 Å². The largest absolute Gasteiger partial charge is 1.00 e. The van der Waals surface area contributed by atoms with E-state index in [4.69, 9.17) is 9.05 Å². The molecule has 8 nitrogen and oxygen atoms in total. The fraction of sp³-hybridized carbons (Fsp3) is 1.00. The van der Waals surface area contributed by atoms with E-state index >= 15 is 0 Å². The fourth-order valence-electron chi connectivity index (χ4n) is 6.13. The van der Waals surface area contributed by atoms with Crippen LogP contribution in [-0.2, 0) is 27.2 Å². The molecule has 0 amide bonds. The van der Waals surface area contributed by atoms with Crippen LogP contribution < -0.4 is 90.7 Å². The molecule has 0 aliphatic rings. The first-order valence-corrected chi connectivity index (χ1v) is 25.4. The van der Waals surface area contributed by atoms with Crippen LogP contribution in [0.25, 0.3) is 0 Å². The van der Waals surface area contributed by atoms with Crippen LogP contribution in [0.1, 0.15) is 246 Å². The van der Waals surface area contributed by atoms with Crippen LogP contribution in [0.4, 0.5) is 0 Å². The Morgan fingerprint density at radius 1 is 0.296 bits per heavy atom. The van der Waals surface area contributed by atoms with Gasteiger partial charge in [0.2, 0.25) is 0 Å². The molecule has 54 heavy (non-hydrogen) atoms. The van der Waals surface area contributed by atoms with Gasteiger partial charge in [-0.15, -0.1) is 0 Å². The Balaban J connectivity index is -0.000000446. The van der Waals surface area contributed by atoms with Crippen LogP contribution >= 0.6 is 15.6 Å². The number of rotatable bonds is 42. The second kappa shape index (κ2) is 52.0. The maximum atomic E-state index is 11.3. The Labute approximate surface area is 401 Å². The summed E-state index contributed by atoms with van der Waals surface area (Å²) < 4.78 is 41.7. The zero-order chi connectivity index (χ0) is 38.7. The summed E-state index contributed by atoms with van der Waals surface area (Å²) in [5, 5.41) is 0. The van der Waals surface area contributed by atoms with Gasteiger partial charge in [-0.3, -0.25) is 9.13 Å². The molecule has 0 saturated heterocycles. The van der Waals surface area contributed by atoms with Gasteiger partial charge in [-0.1, -0.05) is 220 Å². The van der Waals surface area contributed by atoms with E-state index in [1.807, 2.05) is 13.8 Å². The van der Waals surface area contributed by atoms with Crippen molar-refractivity contribution in [3.8, 4) is 0 Å². The van der Waals surface area contributed by atoms with Crippen molar-refractivity contribution in [1.29, 1.82) is 0 Å². The van der Waals surface area contributed by atoms with Gasteiger partial charge in [0.05, 0.1) is 26.4 Å². The van der Waals surface area contributed by atoms with Crippen molar-refractivity contribution in [1.82, 2.24) is 0 Å². The summed E-state index contributed by atoms with van der Waals surface area (Å²) in [6, 6.07) is 0. The minimum Gasteiger partial charge on any atom is -0.756 e. The average molecular weight is 845 g/mol. The quantitative estimate of drug-likeness (QED) is 0.0342. The molecule has 0 rings (SSSR count). The van der Waals surface area contributed by atoms with E-state index in [0.29, 0.717) is 12.8 Å². The molecular formula is C42H88KNaO8P2. The Morgan fingerprint density at radius 3 is 0.648 bits per heavy atom. The van der Waals surface area contributed by atoms with Crippen molar-refractivity contribution >= 4 is 15.6 Å². The Morgan fingerprint density at radius 2 is 0.463 bits per heavy atom. The van der Waals surface area contributed by atoms with E-state index in [-0.39, 0.29) is 107 Å². The Kier molecular flexibility index (Phi) is 61.1. The van der Waals surface area contributed by atoms with Crippen molar-refractivity contribution in [3.63, 3.8) is 0 Å². The first-order valence-electron chi connectivity index (χ1n) is 22.4. The summed E-state index contributed by atoms with van der Waals surface area (Å²) >= 11 is 0. The van der Waals surface area contributed by atoms with Gasteiger partial charge >= 0.3 is 80.9 Å². The van der Waals surface area contributed by atoms with Gasteiger partial charge in [-0.25, -0.2) is 0 Å². The zero-order valence-corrected chi connectivity index (χ0v) is 43.9. The Bertz CT molecular complexity index is 723. The summed E-state index contributed by atoms with van der Waals surface area (Å²) in [6.07, 6.45) is 43.1. The first-order chi connectivity index (χ1) is 25.2. The van der Waals surface area contributed by atoms with Crippen LogP contribution in [-0.4, -0.2) is 26.4 Å². The second-order valence-electron chi connectivity index (χ2n) is 14.8. The summed E-state index contributed by atoms with van der Waals surface area (Å²) in [6.45, 7) is 9.20. The summed E-state index contributed by atoms with van der Waals surface area (Å²) in [5.74, 6) is 0. The molecule has 0 heterocycles. The monoisotopic (exact) mass is 845 g/mol. The van der Waals surface area contributed by atoms with Crippen molar-refractivity contribution in [2.45, 2.75) is 246 Å². The van der Waals surface area contributed by atoms with Gasteiger partial charge in [0, 0.05) is 0 Å². The molecule has 0 N–H and O–H groups in total. The molecule has 0 radical (unpaired) electrons. The van der Waals surface area contributed by atoms with Crippen molar-refractivity contribution in [2.24, 2.45) is 0 Å². The van der Waals surface area contributed by atoms with Crippen LogP contribution in [0, 0.1) is 0 Å². The van der Waals surface area contributed by atoms with E-state index < -0.39 is 15.6 Å². The van der Waals surface area contributed by atoms with Gasteiger partial charge in [0.15, 0.2) is 0 Å². The molecule has 0 bridgehead atoms. The number of unbranched alkanes of at least 4 members (excludes halogenated alkanes) is 30. The van der Waals surface area contributed by atoms with Gasteiger partial charge in [-0.2, -0.15) is 0 Å². The van der Waals surface area contributed by atoms with Crippen LogP contribution in [0.5, 0.6) is 0 Å². The minimum atomic E-state index is -4.05. The average Bonchev–Trinajstić information content (AvgIpc) is 3.12. The van der Waals surface area contributed by atoms with Crippen molar-refractivity contribution in [2.75, 3.05) is 26.4 Å². The second-order valence-corrected chi connectivity index (χ2v) is 17.7. The molecule has 0 fully saturated rings. The number of phosphoric ester groups is 2. The molecule has 12 heteroatoms. The standard InChI is InChI=1S/2C21H45O4P.K.Na/c2*1-3-5-6-7-8-9-10-11-12-13-14-15-16-17-18-19-21-25-26(22,23)24-20-4-2;;/h2*3-21H2,1-2H3,(H,22,23);;/q;;2*+1/p-2. The van der Waals surface area contributed by atoms with Gasteiger partial charge in [-0.05, 0) is 25.7 Å². The molecule has 316 valence electrons. The van der Waals surface area contributed by atoms with E-state index in [0.717, 1.165) is 25.7 Å². The predicted molar refractivity (Wildman–Crippen MR) is 219 cm³/mol. The smallest absolute Gasteiger partial charge is 0.756 e. The van der Waals surface area contributed by atoms with Crippen LogP contribution in [0.3, 0.4) is 0 Å². The van der Waals surface area contributed by atoms with Crippen molar-refractivity contribution < 1.29 is 118 Å². The molecule has 0 aromatic carbocycles. The maximum Gasteiger partial charge on any atom is 1.00 e. The third-order valence-corrected chi connectivity index (χ3v) is 11.4. The molecule has 0 aromatic rings.